The van der Waals surface area contributed by atoms with Gasteiger partial charge in [0.15, 0.2) is 0 Å². The Bertz CT molecular complexity index is 817. The number of nitriles is 1. The normalized spacial score (nSPS) is 11.0. The Morgan fingerprint density at radius 2 is 1.80 bits per heavy atom. The fourth-order valence-corrected chi connectivity index (χ4v) is 2.27. The van der Waals surface area contributed by atoms with Gasteiger partial charge in [0, 0.05) is 22.6 Å². The van der Waals surface area contributed by atoms with Crippen molar-refractivity contribution in [3.05, 3.63) is 65.7 Å². The lowest BCUT2D eigenvalue weighted by Crippen LogP contribution is -1.79. The van der Waals surface area contributed by atoms with Gasteiger partial charge in [0.25, 0.3) is 0 Å². The summed E-state index contributed by atoms with van der Waals surface area (Å²) >= 11 is 0. The second kappa shape index (κ2) is 5.07. The molecule has 2 aromatic carbocycles. The van der Waals surface area contributed by atoms with Gasteiger partial charge in [-0.2, -0.15) is 5.26 Å². The molecular formula is C18H13NO. The van der Waals surface area contributed by atoms with Gasteiger partial charge in [0.05, 0.1) is 6.07 Å². The van der Waals surface area contributed by atoms with Crippen LogP contribution in [0.5, 0.6) is 0 Å². The zero-order chi connectivity index (χ0) is 13.9. The van der Waals surface area contributed by atoms with Gasteiger partial charge < -0.3 is 4.42 Å². The monoisotopic (exact) mass is 259 g/mol. The molecule has 3 rings (SSSR count). The van der Waals surface area contributed by atoms with Crippen LogP contribution < -0.4 is 0 Å². The van der Waals surface area contributed by atoms with E-state index >= 15 is 0 Å². The number of nitrogens with zero attached hydrogens (tertiary/aromatic N) is 1. The van der Waals surface area contributed by atoms with Crippen molar-refractivity contribution in [3.8, 4) is 17.4 Å². The Kier molecular flexibility index (Phi) is 3.10. The minimum absolute atomic E-state index is 0.803. The SMILES string of the molecule is Cc1ccc(-c2oc3ccccc3c2/C=C/C#N)cc1. The molecule has 0 unspecified atom stereocenters. The molecule has 96 valence electrons. The van der Waals surface area contributed by atoms with Crippen molar-refractivity contribution in [1.82, 2.24) is 0 Å². The first kappa shape index (κ1) is 12.3. The number of allylic oxidation sites excluding steroid dienone is 1. The summed E-state index contributed by atoms with van der Waals surface area (Å²) in [6.45, 7) is 2.05. The fraction of sp³-hybridized carbons (Fsp3) is 0.0556. The van der Waals surface area contributed by atoms with Crippen molar-refractivity contribution >= 4 is 17.0 Å². The molecule has 0 aliphatic carbocycles. The average molecular weight is 259 g/mol. The van der Waals surface area contributed by atoms with Crippen LogP contribution in [0.15, 0.2) is 59.0 Å². The zero-order valence-corrected chi connectivity index (χ0v) is 11.1. The summed E-state index contributed by atoms with van der Waals surface area (Å²) in [5.74, 6) is 0.803. The van der Waals surface area contributed by atoms with Crippen molar-refractivity contribution in [1.29, 1.82) is 5.26 Å². The highest BCUT2D eigenvalue weighted by Crippen LogP contribution is 2.34. The van der Waals surface area contributed by atoms with Crippen LogP contribution in [0, 0.1) is 18.3 Å². The number of aryl methyl sites for hydroxylation is 1. The predicted octanol–water partition coefficient (Wildman–Crippen LogP) is 4.95. The third-order valence-corrected chi connectivity index (χ3v) is 3.27. The molecule has 0 aliphatic rings. The Hall–Kier alpha value is -2.79. The Morgan fingerprint density at radius 3 is 2.55 bits per heavy atom. The van der Waals surface area contributed by atoms with Crippen LogP contribution in [0.1, 0.15) is 11.1 Å². The smallest absolute Gasteiger partial charge is 0.142 e. The van der Waals surface area contributed by atoms with E-state index < -0.39 is 0 Å². The molecule has 1 heterocycles. The van der Waals surface area contributed by atoms with E-state index in [0.29, 0.717) is 0 Å². The predicted molar refractivity (Wildman–Crippen MR) is 81.0 cm³/mol. The standard InChI is InChI=1S/C18H13NO/c1-13-8-10-14(11-9-13)18-16(6-4-12-19)15-5-2-3-7-17(15)20-18/h2-11H,1H3/b6-4+. The largest absolute Gasteiger partial charge is 0.455 e. The fourth-order valence-electron chi connectivity index (χ4n) is 2.27. The van der Waals surface area contributed by atoms with Gasteiger partial charge >= 0.3 is 0 Å². The summed E-state index contributed by atoms with van der Waals surface area (Å²) in [4.78, 5) is 0. The van der Waals surface area contributed by atoms with Gasteiger partial charge in [0.1, 0.15) is 11.3 Å². The number of rotatable bonds is 2. The minimum atomic E-state index is 0.803. The summed E-state index contributed by atoms with van der Waals surface area (Å²) in [7, 11) is 0. The Labute approximate surface area is 117 Å². The first-order valence-corrected chi connectivity index (χ1v) is 6.44. The molecule has 0 saturated heterocycles. The highest BCUT2D eigenvalue weighted by Gasteiger charge is 2.13. The van der Waals surface area contributed by atoms with Gasteiger partial charge in [-0.3, -0.25) is 0 Å². The van der Waals surface area contributed by atoms with Gasteiger partial charge in [-0.15, -0.1) is 0 Å². The molecule has 0 spiro atoms. The molecule has 0 atom stereocenters. The third-order valence-electron chi connectivity index (χ3n) is 3.27. The van der Waals surface area contributed by atoms with E-state index in [-0.39, 0.29) is 0 Å². The summed E-state index contributed by atoms with van der Waals surface area (Å²) in [6, 6.07) is 18.1. The van der Waals surface area contributed by atoms with Crippen LogP contribution >= 0.6 is 0 Å². The van der Waals surface area contributed by atoms with Crippen LogP contribution in [0.2, 0.25) is 0 Å². The number of para-hydroxylation sites is 1. The molecule has 0 fully saturated rings. The summed E-state index contributed by atoms with van der Waals surface area (Å²) in [6.07, 6.45) is 3.29. The maximum Gasteiger partial charge on any atom is 0.142 e. The van der Waals surface area contributed by atoms with E-state index in [2.05, 4.69) is 19.1 Å². The first-order chi connectivity index (χ1) is 9.79. The van der Waals surface area contributed by atoms with E-state index in [4.69, 9.17) is 9.68 Å². The average Bonchev–Trinajstić information content (AvgIpc) is 2.84. The molecule has 0 saturated carbocycles. The molecule has 0 radical (unpaired) electrons. The van der Waals surface area contributed by atoms with Gasteiger partial charge in [-0.1, -0.05) is 48.0 Å². The topological polar surface area (TPSA) is 36.9 Å². The minimum Gasteiger partial charge on any atom is -0.455 e. The van der Waals surface area contributed by atoms with Crippen molar-refractivity contribution in [2.45, 2.75) is 6.92 Å². The maximum atomic E-state index is 8.77. The number of fused-ring (bicyclic) bond motifs is 1. The summed E-state index contributed by atoms with van der Waals surface area (Å²) in [5, 5.41) is 9.79. The van der Waals surface area contributed by atoms with Crippen molar-refractivity contribution in [2.24, 2.45) is 0 Å². The number of furan rings is 1. The van der Waals surface area contributed by atoms with E-state index in [0.717, 1.165) is 27.9 Å². The lowest BCUT2D eigenvalue weighted by atomic mass is 10.0. The molecule has 3 aromatic rings. The molecule has 0 N–H and O–H groups in total. The van der Waals surface area contributed by atoms with Crippen molar-refractivity contribution in [2.75, 3.05) is 0 Å². The highest BCUT2D eigenvalue weighted by molar-refractivity contribution is 5.94. The van der Waals surface area contributed by atoms with E-state index in [1.165, 1.54) is 11.6 Å². The zero-order valence-electron chi connectivity index (χ0n) is 11.1. The molecular weight excluding hydrogens is 246 g/mol. The molecule has 20 heavy (non-hydrogen) atoms. The molecule has 0 aliphatic heterocycles. The van der Waals surface area contributed by atoms with E-state index in [1.54, 1.807) is 6.08 Å². The quantitative estimate of drug-likeness (QED) is 0.611. The summed E-state index contributed by atoms with van der Waals surface area (Å²) in [5.41, 5.74) is 4.01. The van der Waals surface area contributed by atoms with Crippen molar-refractivity contribution < 1.29 is 4.42 Å². The van der Waals surface area contributed by atoms with Crippen LogP contribution in [0.3, 0.4) is 0 Å². The summed E-state index contributed by atoms with van der Waals surface area (Å²) < 4.78 is 5.96. The molecule has 2 nitrogen and oxygen atoms in total. The number of hydrogen-bond acceptors (Lipinski definition) is 2. The maximum absolute atomic E-state index is 8.77. The number of hydrogen-bond donors (Lipinski definition) is 0. The lowest BCUT2D eigenvalue weighted by molar-refractivity contribution is 0.631. The molecule has 2 heteroatoms. The van der Waals surface area contributed by atoms with Gasteiger partial charge in [-0.05, 0) is 19.1 Å². The molecule has 0 amide bonds. The second-order valence-electron chi connectivity index (χ2n) is 4.67. The van der Waals surface area contributed by atoms with Crippen molar-refractivity contribution in [3.63, 3.8) is 0 Å². The van der Waals surface area contributed by atoms with Gasteiger partial charge in [-0.25, -0.2) is 0 Å². The Morgan fingerprint density at radius 1 is 1.05 bits per heavy atom. The third kappa shape index (κ3) is 2.10. The van der Waals surface area contributed by atoms with E-state index in [1.807, 2.05) is 42.5 Å². The second-order valence-corrected chi connectivity index (χ2v) is 4.67. The Balaban J connectivity index is 2.26. The van der Waals surface area contributed by atoms with Crippen LogP contribution in [-0.2, 0) is 0 Å². The first-order valence-electron chi connectivity index (χ1n) is 6.44. The molecule has 0 bridgehead atoms. The van der Waals surface area contributed by atoms with Gasteiger partial charge in [0.2, 0.25) is 0 Å². The highest BCUT2D eigenvalue weighted by atomic mass is 16.3. The van der Waals surface area contributed by atoms with Crippen LogP contribution in [0.4, 0.5) is 0 Å². The molecule has 1 aromatic heterocycles. The van der Waals surface area contributed by atoms with E-state index in [9.17, 15) is 0 Å². The number of benzene rings is 2. The lowest BCUT2D eigenvalue weighted by Gasteiger charge is -2.00. The van der Waals surface area contributed by atoms with Crippen LogP contribution in [-0.4, -0.2) is 0 Å². The van der Waals surface area contributed by atoms with Crippen LogP contribution in [0.25, 0.3) is 28.4 Å².